The van der Waals surface area contributed by atoms with Gasteiger partial charge in [-0.3, -0.25) is 9.69 Å². The van der Waals surface area contributed by atoms with Crippen molar-refractivity contribution in [3.63, 3.8) is 0 Å². The fourth-order valence-electron chi connectivity index (χ4n) is 2.23. The highest BCUT2D eigenvalue weighted by Gasteiger charge is 2.51. The molecule has 2 aromatic heterocycles. The van der Waals surface area contributed by atoms with E-state index in [4.69, 9.17) is 4.42 Å². The summed E-state index contributed by atoms with van der Waals surface area (Å²) in [5, 5.41) is 11.3. The molecule has 1 atom stereocenters. The van der Waals surface area contributed by atoms with Gasteiger partial charge in [0.05, 0.1) is 6.54 Å². The van der Waals surface area contributed by atoms with Crippen molar-refractivity contribution in [2.45, 2.75) is 30.3 Å². The van der Waals surface area contributed by atoms with Crippen LogP contribution in [0.1, 0.15) is 23.5 Å². The Morgan fingerprint density at radius 2 is 2.18 bits per heavy atom. The van der Waals surface area contributed by atoms with Gasteiger partial charge < -0.3 is 9.73 Å². The highest BCUT2D eigenvalue weighted by molar-refractivity contribution is 8.00. The van der Waals surface area contributed by atoms with Crippen molar-refractivity contribution < 1.29 is 14.0 Å². The molecule has 3 heterocycles. The number of hydrogen-bond donors (Lipinski definition) is 1. The first-order valence-corrected chi connectivity index (χ1v) is 8.55. The van der Waals surface area contributed by atoms with Crippen molar-refractivity contribution in [1.82, 2.24) is 20.4 Å². The summed E-state index contributed by atoms with van der Waals surface area (Å²) in [6.07, 6.45) is 1.90. The second-order valence-electron chi connectivity index (χ2n) is 5.02. The normalized spacial score (nSPS) is 21.5. The number of aryl methyl sites for hydroxylation is 1. The van der Waals surface area contributed by atoms with E-state index in [9.17, 15) is 9.59 Å². The lowest BCUT2D eigenvalue weighted by Gasteiger charge is -2.18. The summed E-state index contributed by atoms with van der Waals surface area (Å²) in [6.45, 7) is 3.54. The average molecular weight is 338 g/mol. The summed E-state index contributed by atoms with van der Waals surface area (Å²) >= 11 is 2.84. The Balaban J connectivity index is 1.85. The van der Waals surface area contributed by atoms with E-state index in [1.165, 1.54) is 23.1 Å². The third kappa shape index (κ3) is 2.40. The van der Waals surface area contributed by atoms with Gasteiger partial charge >= 0.3 is 6.03 Å². The third-order valence-corrected chi connectivity index (χ3v) is 5.31. The van der Waals surface area contributed by atoms with Crippen LogP contribution < -0.4 is 5.32 Å². The summed E-state index contributed by atoms with van der Waals surface area (Å²) in [5.74, 6) is 0.756. The largest absolute Gasteiger partial charge is 0.463 e. The number of aromatic nitrogens is 2. The molecule has 0 spiro atoms. The molecule has 9 heteroatoms. The Hall–Kier alpha value is -1.87. The topological polar surface area (TPSA) is 88.3 Å². The predicted octanol–water partition coefficient (Wildman–Crippen LogP) is 2.13. The van der Waals surface area contributed by atoms with Gasteiger partial charge in [-0.15, -0.1) is 10.2 Å². The molecule has 0 saturated carbocycles. The van der Waals surface area contributed by atoms with Crippen LogP contribution in [0.2, 0.25) is 0 Å². The Bertz CT molecular complexity index is 741. The zero-order valence-corrected chi connectivity index (χ0v) is 13.9. The Morgan fingerprint density at radius 3 is 2.77 bits per heavy atom. The van der Waals surface area contributed by atoms with Gasteiger partial charge in [0, 0.05) is 0 Å². The Kier molecular flexibility index (Phi) is 3.69. The van der Waals surface area contributed by atoms with Crippen molar-refractivity contribution in [2.75, 3.05) is 6.26 Å². The summed E-state index contributed by atoms with van der Waals surface area (Å²) in [4.78, 5) is 26.0. The molecule has 0 aliphatic carbocycles. The lowest BCUT2D eigenvalue weighted by Crippen LogP contribution is -2.40. The first kappa shape index (κ1) is 15.0. The monoisotopic (exact) mass is 338 g/mol. The number of urea groups is 1. The number of imide groups is 1. The summed E-state index contributed by atoms with van der Waals surface area (Å²) in [6, 6.07) is 3.01. The first-order chi connectivity index (χ1) is 10.4. The predicted molar refractivity (Wildman–Crippen MR) is 81.6 cm³/mol. The van der Waals surface area contributed by atoms with E-state index in [0.29, 0.717) is 16.5 Å². The fourth-order valence-corrected chi connectivity index (χ4v) is 3.53. The summed E-state index contributed by atoms with van der Waals surface area (Å²) in [5.41, 5.74) is -1.18. The maximum absolute atomic E-state index is 12.7. The van der Waals surface area contributed by atoms with Gasteiger partial charge in [0.2, 0.25) is 0 Å². The van der Waals surface area contributed by atoms with Gasteiger partial charge in [0.15, 0.2) is 9.88 Å². The maximum atomic E-state index is 12.7. The molecule has 2 aromatic rings. The van der Waals surface area contributed by atoms with Gasteiger partial charge in [0.25, 0.3) is 5.91 Å². The number of thioether (sulfide) groups is 1. The molecule has 1 N–H and O–H groups in total. The van der Waals surface area contributed by atoms with Crippen LogP contribution in [0.25, 0.3) is 0 Å². The van der Waals surface area contributed by atoms with E-state index in [0.717, 1.165) is 9.24 Å². The molecule has 0 unspecified atom stereocenters. The Morgan fingerprint density at radius 1 is 1.41 bits per heavy atom. The smallest absolute Gasteiger partial charge is 0.325 e. The van der Waals surface area contributed by atoms with E-state index in [1.807, 2.05) is 6.26 Å². The lowest BCUT2D eigenvalue weighted by atomic mass is 9.99. The zero-order valence-electron chi connectivity index (χ0n) is 12.2. The van der Waals surface area contributed by atoms with E-state index >= 15 is 0 Å². The van der Waals surface area contributed by atoms with Crippen LogP contribution in [0.4, 0.5) is 4.79 Å². The molecule has 1 aliphatic heterocycles. The minimum absolute atomic E-state index is 0.109. The van der Waals surface area contributed by atoms with Crippen LogP contribution in [0.3, 0.4) is 0 Å². The van der Waals surface area contributed by atoms with Crippen LogP contribution in [0, 0.1) is 6.92 Å². The number of carbonyl (C=O) groups excluding carboxylic acids is 2. The van der Waals surface area contributed by atoms with Gasteiger partial charge in [-0.05, 0) is 32.2 Å². The molecule has 0 bridgehead atoms. The number of amides is 3. The quantitative estimate of drug-likeness (QED) is 0.679. The number of carbonyl (C=O) groups is 2. The van der Waals surface area contributed by atoms with Crippen molar-refractivity contribution >= 4 is 35.0 Å². The van der Waals surface area contributed by atoms with Crippen molar-refractivity contribution in [3.8, 4) is 0 Å². The highest BCUT2D eigenvalue weighted by Crippen LogP contribution is 2.31. The number of nitrogens with zero attached hydrogens (tertiary/aromatic N) is 3. The van der Waals surface area contributed by atoms with Gasteiger partial charge in [-0.2, -0.15) is 0 Å². The molecule has 22 heavy (non-hydrogen) atoms. The van der Waals surface area contributed by atoms with Crippen molar-refractivity contribution in [2.24, 2.45) is 0 Å². The van der Waals surface area contributed by atoms with Gasteiger partial charge in [-0.1, -0.05) is 23.1 Å². The third-order valence-electron chi connectivity index (χ3n) is 3.42. The molecule has 3 amide bonds. The van der Waals surface area contributed by atoms with Crippen LogP contribution in [-0.2, 0) is 16.9 Å². The second kappa shape index (κ2) is 5.40. The number of rotatable bonds is 4. The van der Waals surface area contributed by atoms with Crippen molar-refractivity contribution in [3.05, 3.63) is 28.7 Å². The lowest BCUT2D eigenvalue weighted by molar-refractivity contribution is -0.132. The summed E-state index contributed by atoms with van der Waals surface area (Å²) in [7, 11) is 0. The number of nitrogens with one attached hydrogen (secondary N) is 1. The molecule has 7 nitrogen and oxygen atoms in total. The van der Waals surface area contributed by atoms with Crippen LogP contribution in [0.15, 0.2) is 20.9 Å². The molecule has 116 valence electrons. The maximum Gasteiger partial charge on any atom is 0.325 e. The van der Waals surface area contributed by atoms with Gasteiger partial charge in [0.1, 0.15) is 16.5 Å². The molecular formula is C13H14N4O3S2. The van der Waals surface area contributed by atoms with Gasteiger partial charge in [-0.25, -0.2) is 4.79 Å². The number of hydrogen-bond acceptors (Lipinski definition) is 7. The molecular weight excluding hydrogens is 324 g/mol. The highest BCUT2D eigenvalue weighted by atomic mass is 32.2. The van der Waals surface area contributed by atoms with E-state index in [1.54, 1.807) is 26.0 Å². The Labute approximate surface area is 135 Å². The fraction of sp³-hybridized carbons (Fsp3) is 0.385. The zero-order chi connectivity index (χ0) is 15.9. The molecule has 1 saturated heterocycles. The molecule has 1 fully saturated rings. The minimum atomic E-state index is -1.18. The van der Waals surface area contributed by atoms with E-state index in [-0.39, 0.29) is 12.5 Å². The second-order valence-corrected chi connectivity index (χ2v) is 7.14. The molecule has 0 aromatic carbocycles. The minimum Gasteiger partial charge on any atom is -0.463 e. The molecule has 1 aliphatic rings. The summed E-state index contributed by atoms with van der Waals surface area (Å²) < 4.78 is 6.32. The van der Waals surface area contributed by atoms with E-state index in [2.05, 4.69) is 15.5 Å². The average Bonchev–Trinajstić information content (AvgIpc) is 3.16. The van der Waals surface area contributed by atoms with Crippen LogP contribution in [-0.4, -0.2) is 33.3 Å². The SMILES string of the molecule is CSc1nnc(CN2C(=O)N[C@](C)(c3ccc(C)o3)C2=O)s1. The number of furan rings is 1. The van der Waals surface area contributed by atoms with Crippen molar-refractivity contribution in [1.29, 1.82) is 0 Å². The van der Waals surface area contributed by atoms with E-state index < -0.39 is 11.6 Å². The molecule has 3 rings (SSSR count). The first-order valence-electron chi connectivity index (χ1n) is 6.51. The van der Waals surface area contributed by atoms with Crippen LogP contribution >= 0.6 is 23.1 Å². The molecule has 0 radical (unpaired) electrons. The standard InChI is InChI=1S/C13H14N4O3S2/c1-7-4-5-8(20-7)13(2)10(18)17(11(19)14-13)6-9-15-16-12(21-3)22-9/h4-5H,6H2,1-3H3,(H,14,19)/t13-/m1/s1. The van der Waals surface area contributed by atoms with Crippen LogP contribution in [0.5, 0.6) is 0 Å².